The first-order chi connectivity index (χ1) is 17.1. The van der Waals surface area contributed by atoms with E-state index in [0.717, 1.165) is 37.2 Å². The fourth-order valence-corrected chi connectivity index (χ4v) is 4.78. The number of halogens is 2. The van der Waals surface area contributed by atoms with Gasteiger partial charge in [-0.25, -0.2) is 4.98 Å². The Hall–Kier alpha value is -3.20. The highest BCUT2D eigenvalue weighted by Crippen LogP contribution is 2.29. The molecule has 1 amide bonds. The Balaban J connectivity index is 1.12. The average molecular weight is 511 g/mol. The van der Waals surface area contributed by atoms with E-state index in [0.29, 0.717) is 40.4 Å². The van der Waals surface area contributed by atoms with Crippen LogP contribution in [0.3, 0.4) is 0 Å². The normalized spacial score (nSPS) is 14.8. The van der Waals surface area contributed by atoms with Crippen molar-refractivity contribution in [3.05, 3.63) is 82.7 Å². The molecule has 0 radical (unpaired) electrons. The zero-order valence-corrected chi connectivity index (χ0v) is 20.4. The smallest absolute Gasteiger partial charge is 0.241 e. The number of benzene rings is 2. The predicted octanol–water partition coefficient (Wildman–Crippen LogP) is 4.76. The Morgan fingerprint density at radius 2 is 1.97 bits per heavy atom. The highest BCUT2D eigenvalue weighted by molar-refractivity contribution is 6.36. The minimum atomic E-state index is -0.0159. The molecule has 10 heteroatoms. The van der Waals surface area contributed by atoms with E-state index in [1.165, 1.54) is 0 Å². The van der Waals surface area contributed by atoms with E-state index >= 15 is 0 Å². The number of nitrogens with one attached hydrogen (secondary N) is 1. The molecule has 0 saturated carbocycles. The summed E-state index contributed by atoms with van der Waals surface area (Å²) in [5.41, 5.74) is 2.74. The van der Waals surface area contributed by atoms with Gasteiger partial charge in [0, 0.05) is 35.4 Å². The van der Waals surface area contributed by atoms with Crippen molar-refractivity contribution in [1.82, 2.24) is 29.9 Å². The van der Waals surface area contributed by atoms with Crippen molar-refractivity contribution < 1.29 is 9.32 Å². The summed E-state index contributed by atoms with van der Waals surface area (Å²) in [5, 5.41) is 8.20. The lowest BCUT2D eigenvalue weighted by Crippen LogP contribution is -2.40. The van der Waals surface area contributed by atoms with Crippen molar-refractivity contribution in [1.29, 1.82) is 0 Å². The average Bonchev–Trinajstić information content (AvgIpc) is 3.56. The summed E-state index contributed by atoms with van der Waals surface area (Å²) in [7, 11) is 0. The van der Waals surface area contributed by atoms with Gasteiger partial charge in [0.15, 0.2) is 0 Å². The molecule has 0 bridgehead atoms. The number of piperidine rings is 1. The van der Waals surface area contributed by atoms with Crippen LogP contribution in [0, 0.1) is 5.92 Å². The molecule has 3 heterocycles. The Labute approximate surface area is 212 Å². The third-order valence-electron chi connectivity index (χ3n) is 6.18. The van der Waals surface area contributed by atoms with Crippen molar-refractivity contribution in [2.45, 2.75) is 25.9 Å². The molecule has 0 atom stereocenters. The molecule has 1 saturated heterocycles. The van der Waals surface area contributed by atoms with Gasteiger partial charge in [0.25, 0.3) is 0 Å². The first-order valence-electron chi connectivity index (χ1n) is 11.4. The fourth-order valence-electron chi connectivity index (χ4n) is 4.28. The second kappa shape index (κ2) is 10.6. The molecule has 5 rings (SSSR count). The number of imidazole rings is 1. The van der Waals surface area contributed by atoms with E-state index < -0.39 is 0 Å². The van der Waals surface area contributed by atoms with Gasteiger partial charge < -0.3 is 14.4 Å². The molecule has 35 heavy (non-hydrogen) atoms. The van der Waals surface area contributed by atoms with Crippen LogP contribution >= 0.6 is 23.2 Å². The van der Waals surface area contributed by atoms with Gasteiger partial charge >= 0.3 is 0 Å². The van der Waals surface area contributed by atoms with Gasteiger partial charge in [0.2, 0.25) is 17.6 Å². The van der Waals surface area contributed by atoms with Crippen molar-refractivity contribution >= 4 is 29.1 Å². The maximum atomic E-state index is 12.8. The van der Waals surface area contributed by atoms with E-state index in [1.54, 1.807) is 30.7 Å². The van der Waals surface area contributed by atoms with Gasteiger partial charge in [-0.15, -0.1) is 0 Å². The van der Waals surface area contributed by atoms with Gasteiger partial charge in [-0.05, 0) is 55.8 Å². The van der Waals surface area contributed by atoms with E-state index in [9.17, 15) is 4.79 Å². The van der Waals surface area contributed by atoms with Gasteiger partial charge in [0.1, 0.15) is 0 Å². The maximum Gasteiger partial charge on any atom is 0.241 e. The molecule has 0 unspecified atom stereocenters. The summed E-state index contributed by atoms with van der Waals surface area (Å²) >= 11 is 12.2. The van der Waals surface area contributed by atoms with Gasteiger partial charge in [-0.1, -0.05) is 46.6 Å². The van der Waals surface area contributed by atoms with Crippen molar-refractivity contribution in [2.75, 3.05) is 13.1 Å². The summed E-state index contributed by atoms with van der Waals surface area (Å²) in [6, 6.07) is 13.2. The number of hydrogen-bond acceptors (Lipinski definition) is 6. The third-order valence-corrected chi connectivity index (χ3v) is 6.73. The van der Waals surface area contributed by atoms with Crippen molar-refractivity contribution in [3.63, 3.8) is 0 Å². The molecule has 2 aromatic carbocycles. The van der Waals surface area contributed by atoms with Crippen LogP contribution < -0.4 is 5.32 Å². The van der Waals surface area contributed by atoms with E-state index in [4.69, 9.17) is 27.7 Å². The summed E-state index contributed by atoms with van der Waals surface area (Å²) in [5.74, 6) is 1.03. The fraction of sp³-hybridized carbons (Fsp3) is 0.280. The van der Waals surface area contributed by atoms with Crippen LogP contribution in [-0.4, -0.2) is 43.6 Å². The Morgan fingerprint density at radius 3 is 2.74 bits per heavy atom. The number of para-hydroxylation sites is 1. The molecule has 8 nitrogen and oxygen atoms in total. The molecule has 1 N–H and O–H groups in total. The molecule has 0 spiro atoms. The zero-order valence-electron chi connectivity index (χ0n) is 18.9. The summed E-state index contributed by atoms with van der Waals surface area (Å²) in [4.78, 5) is 23.7. The maximum absolute atomic E-state index is 12.8. The highest BCUT2D eigenvalue weighted by atomic mass is 35.5. The Morgan fingerprint density at radius 1 is 1.14 bits per heavy atom. The molecular formula is C25H24Cl2N6O2. The van der Waals surface area contributed by atoms with Crippen molar-refractivity contribution in [3.8, 4) is 17.1 Å². The SMILES string of the molecule is O=C(NCc1ccccc1-n1ccnc1)C1CCN(Cc2nc(-c3ccc(Cl)cc3Cl)no2)CC1. The monoisotopic (exact) mass is 510 g/mol. The molecular weight excluding hydrogens is 487 g/mol. The largest absolute Gasteiger partial charge is 0.352 e. The molecule has 1 aliphatic rings. The van der Waals surface area contributed by atoms with Crippen LogP contribution in [0.2, 0.25) is 10.0 Å². The van der Waals surface area contributed by atoms with Crippen LogP contribution in [0.5, 0.6) is 0 Å². The summed E-state index contributed by atoms with van der Waals surface area (Å²) in [6.45, 7) is 2.57. The predicted molar refractivity (Wildman–Crippen MR) is 133 cm³/mol. The molecule has 180 valence electrons. The number of nitrogens with zero attached hydrogens (tertiary/aromatic N) is 5. The minimum absolute atomic E-state index is 0.0159. The number of amides is 1. The standard InChI is InChI=1S/C25H24Cl2N6O2/c26-19-5-6-20(21(27)13-19)24-30-23(35-31-24)15-32-10-7-17(8-11-32)25(34)29-14-18-3-1-2-4-22(18)33-12-9-28-16-33/h1-6,9,12-13,16-17H,7-8,10-11,14-15H2,(H,29,34). The first kappa shape index (κ1) is 23.5. The molecule has 1 fully saturated rings. The lowest BCUT2D eigenvalue weighted by molar-refractivity contribution is -0.126. The molecule has 2 aromatic heterocycles. The second-order valence-corrected chi connectivity index (χ2v) is 9.35. The van der Waals surface area contributed by atoms with Crippen LogP contribution in [0.15, 0.2) is 65.7 Å². The number of hydrogen-bond donors (Lipinski definition) is 1. The second-order valence-electron chi connectivity index (χ2n) is 8.50. The zero-order chi connectivity index (χ0) is 24.2. The molecule has 4 aromatic rings. The third kappa shape index (κ3) is 5.56. The van der Waals surface area contributed by atoms with Crippen LogP contribution in [-0.2, 0) is 17.9 Å². The van der Waals surface area contributed by atoms with Crippen molar-refractivity contribution in [2.24, 2.45) is 5.92 Å². The highest BCUT2D eigenvalue weighted by Gasteiger charge is 2.26. The Bertz CT molecular complexity index is 1300. The molecule has 0 aliphatic carbocycles. The number of aromatic nitrogens is 4. The number of carbonyl (C=O) groups excluding carboxylic acids is 1. The van der Waals surface area contributed by atoms with Gasteiger partial charge in [-0.3, -0.25) is 9.69 Å². The summed E-state index contributed by atoms with van der Waals surface area (Å²) in [6.07, 6.45) is 6.95. The van der Waals surface area contributed by atoms with E-state index in [-0.39, 0.29) is 11.8 Å². The first-order valence-corrected chi connectivity index (χ1v) is 12.2. The summed E-state index contributed by atoms with van der Waals surface area (Å²) < 4.78 is 7.38. The number of carbonyl (C=O) groups is 1. The number of likely N-dealkylation sites (tertiary alicyclic amines) is 1. The minimum Gasteiger partial charge on any atom is -0.352 e. The molecule has 1 aliphatic heterocycles. The number of rotatable bonds is 7. The van der Waals surface area contributed by atoms with E-state index in [1.807, 2.05) is 35.0 Å². The lowest BCUT2D eigenvalue weighted by Gasteiger charge is -2.30. The van der Waals surface area contributed by atoms with Gasteiger partial charge in [-0.2, -0.15) is 4.98 Å². The lowest BCUT2D eigenvalue weighted by atomic mass is 9.96. The van der Waals surface area contributed by atoms with Crippen LogP contribution in [0.4, 0.5) is 0 Å². The topological polar surface area (TPSA) is 89.1 Å². The Kier molecular flexibility index (Phi) is 7.13. The van der Waals surface area contributed by atoms with Gasteiger partial charge in [0.05, 0.1) is 23.6 Å². The van der Waals surface area contributed by atoms with Crippen LogP contribution in [0.25, 0.3) is 17.1 Å². The van der Waals surface area contributed by atoms with Crippen LogP contribution in [0.1, 0.15) is 24.3 Å². The quantitative estimate of drug-likeness (QED) is 0.385. The van der Waals surface area contributed by atoms with E-state index in [2.05, 4.69) is 25.3 Å².